The lowest BCUT2D eigenvalue weighted by Crippen LogP contribution is -2.58. The van der Waals surface area contributed by atoms with Gasteiger partial charge in [-0.25, -0.2) is 0 Å². The van der Waals surface area contributed by atoms with Gasteiger partial charge in [0.15, 0.2) is 0 Å². The maximum absolute atomic E-state index is 3.30. The van der Waals surface area contributed by atoms with Crippen molar-refractivity contribution in [1.82, 2.24) is 10.6 Å². The van der Waals surface area contributed by atoms with Crippen LogP contribution in [0.1, 0.15) is 0 Å². The van der Waals surface area contributed by atoms with E-state index in [1.54, 1.807) is 0 Å². The van der Waals surface area contributed by atoms with Crippen LogP contribution < -0.4 is 10.6 Å². The van der Waals surface area contributed by atoms with Crippen molar-refractivity contribution in [2.45, 2.75) is 5.66 Å². The molecule has 1 fully saturated rings. The Balaban J connectivity index is 2.44. The SMILES string of the molecule is CNC1(NC)CSSSC1. The maximum Gasteiger partial charge on any atom is 0.0885 e. The van der Waals surface area contributed by atoms with Gasteiger partial charge in [0.25, 0.3) is 0 Å². The van der Waals surface area contributed by atoms with Gasteiger partial charge >= 0.3 is 0 Å². The van der Waals surface area contributed by atoms with Gasteiger partial charge in [0, 0.05) is 11.5 Å². The van der Waals surface area contributed by atoms with E-state index >= 15 is 0 Å². The van der Waals surface area contributed by atoms with Crippen LogP contribution in [-0.2, 0) is 0 Å². The second-order valence-electron chi connectivity index (χ2n) is 2.17. The van der Waals surface area contributed by atoms with E-state index in [1.165, 1.54) is 0 Å². The topological polar surface area (TPSA) is 24.1 Å². The highest BCUT2D eigenvalue weighted by Gasteiger charge is 2.29. The maximum atomic E-state index is 3.30. The number of rotatable bonds is 2. The normalized spacial score (nSPS) is 24.6. The van der Waals surface area contributed by atoms with Gasteiger partial charge in [0.1, 0.15) is 0 Å². The molecule has 1 aliphatic rings. The molecule has 0 radical (unpaired) electrons. The lowest BCUT2D eigenvalue weighted by molar-refractivity contribution is 0.380. The van der Waals surface area contributed by atoms with Crippen LogP contribution in [-0.4, -0.2) is 31.3 Å². The molecule has 0 aromatic carbocycles. The highest BCUT2D eigenvalue weighted by molar-refractivity contribution is 9.09. The Labute approximate surface area is 73.5 Å². The largest absolute Gasteiger partial charge is 0.301 e. The summed E-state index contributed by atoms with van der Waals surface area (Å²) < 4.78 is 0. The summed E-state index contributed by atoms with van der Waals surface area (Å²) in [6, 6.07) is 0. The molecular formula is C5H12N2S3. The van der Waals surface area contributed by atoms with Gasteiger partial charge < -0.3 is 10.6 Å². The van der Waals surface area contributed by atoms with E-state index in [0.29, 0.717) is 0 Å². The molecule has 60 valence electrons. The first-order valence-corrected chi connectivity index (χ1v) is 6.94. The summed E-state index contributed by atoms with van der Waals surface area (Å²) in [6.45, 7) is 0. The van der Waals surface area contributed by atoms with Gasteiger partial charge in [-0.15, -0.1) is 0 Å². The van der Waals surface area contributed by atoms with Crippen LogP contribution in [0, 0.1) is 0 Å². The third-order valence-corrected chi connectivity index (χ3v) is 6.09. The van der Waals surface area contributed by atoms with Gasteiger partial charge in [-0.1, -0.05) is 21.6 Å². The molecule has 0 amide bonds. The molecule has 0 aromatic heterocycles. The molecule has 1 rings (SSSR count). The van der Waals surface area contributed by atoms with Crippen LogP contribution in [0.25, 0.3) is 0 Å². The van der Waals surface area contributed by atoms with Crippen molar-refractivity contribution in [1.29, 1.82) is 0 Å². The van der Waals surface area contributed by atoms with Crippen molar-refractivity contribution in [3.05, 3.63) is 0 Å². The minimum Gasteiger partial charge on any atom is -0.301 e. The second kappa shape index (κ2) is 4.11. The summed E-state index contributed by atoms with van der Waals surface area (Å²) in [5.74, 6) is 2.27. The van der Waals surface area contributed by atoms with Crippen molar-refractivity contribution in [3.8, 4) is 0 Å². The van der Waals surface area contributed by atoms with E-state index in [0.717, 1.165) is 11.5 Å². The zero-order valence-electron chi connectivity index (χ0n) is 6.14. The molecule has 0 aliphatic carbocycles. The third-order valence-electron chi connectivity index (χ3n) is 1.66. The predicted molar refractivity (Wildman–Crippen MR) is 53.4 cm³/mol. The molecule has 0 saturated carbocycles. The zero-order chi connectivity index (χ0) is 7.45. The van der Waals surface area contributed by atoms with Crippen LogP contribution in [0.2, 0.25) is 0 Å². The van der Waals surface area contributed by atoms with Gasteiger partial charge in [0.2, 0.25) is 0 Å². The van der Waals surface area contributed by atoms with Gasteiger partial charge in [0.05, 0.1) is 5.66 Å². The average molecular weight is 196 g/mol. The molecule has 2 N–H and O–H groups in total. The Hall–Kier alpha value is 0.970. The molecule has 0 unspecified atom stereocenters. The average Bonchev–Trinajstić information content (AvgIpc) is 2.06. The highest BCUT2D eigenvalue weighted by Crippen LogP contribution is 2.42. The molecule has 0 atom stereocenters. The summed E-state index contributed by atoms with van der Waals surface area (Å²) >= 11 is 0. The summed E-state index contributed by atoms with van der Waals surface area (Å²) in [7, 11) is 9.71. The molecule has 1 saturated heterocycles. The molecule has 0 spiro atoms. The highest BCUT2D eigenvalue weighted by atomic mass is 33.5. The summed E-state index contributed by atoms with van der Waals surface area (Å²) in [4.78, 5) is 0. The molecule has 5 heteroatoms. The van der Waals surface area contributed by atoms with E-state index < -0.39 is 0 Å². The smallest absolute Gasteiger partial charge is 0.0885 e. The Morgan fingerprint density at radius 2 is 1.60 bits per heavy atom. The molecule has 10 heavy (non-hydrogen) atoms. The summed E-state index contributed by atoms with van der Waals surface area (Å²) in [6.07, 6.45) is 0. The Bertz CT molecular complexity index is 97.1. The lowest BCUT2D eigenvalue weighted by Gasteiger charge is -2.34. The van der Waals surface area contributed by atoms with Crippen molar-refractivity contribution in [3.63, 3.8) is 0 Å². The number of hydrogen-bond donors (Lipinski definition) is 2. The first-order chi connectivity index (χ1) is 4.83. The lowest BCUT2D eigenvalue weighted by atomic mass is 10.2. The van der Waals surface area contributed by atoms with Gasteiger partial charge in [-0.3, -0.25) is 0 Å². The van der Waals surface area contributed by atoms with E-state index in [2.05, 4.69) is 10.6 Å². The quantitative estimate of drug-likeness (QED) is 0.510. The van der Waals surface area contributed by atoms with Gasteiger partial charge in [-0.2, -0.15) is 0 Å². The number of nitrogens with one attached hydrogen (secondary N) is 2. The van der Waals surface area contributed by atoms with Crippen LogP contribution in [0.15, 0.2) is 0 Å². The van der Waals surface area contributed by atoms with Crippen LogP contribution >= 0.6 is 31.4 Å². The van der Waals surface area contributed by atoms with E-state index in [9.17, 15) is 0 Å². The fraction of sp³-hybridized carbons (Fsp3) is 1.00. The molecular weight excluding hydrogens is 184 g/mol. The molecule has 2 nitrogen and oxygen atoms in total. The van der Waals surface area contributed by atoms with E-state index in [4.69, 9.17) is 0 Å². The third kappa shape index (κ3) is 1.98. The summed E-state index contributed by atoms with van der Waals surface area (Å²) in [5.41, 5.74) is 0.167. The first kappa shape index (κ1) is 9.06. The predicted octanol–water partition coefficient (Wildman–Crippen LogP) is 1.16. The number of hydrogen-bond acceptors (Lipinski definition) is 5. The minimum absolute atomic E-state index is 0.167. The first-order valence-electron chi connectivity index (χ1n) is 3.12. The molecule has 1 heterocycles. The van der Waals surface area contributed by atoms with Crippen LogP contribution in [0.5, 0.6) is 0 Å². The molecule has 1 aliphatic heterocycles. The molecule has 0 bridgehead atoms. The monoisotopic (exact) mass is 196 g/mol. The Morgan fingerprint density at radius 3 is 1.90 bits per heavy atom. The Morgan fingerprint density at radius 1 is 1.10 bits per heavy atom. The van der Waals surface area contributed by atoms with Gasteiger partial charge in [-0.05, 0) is 23.9 Å². The Kier molecular flexibility index (Phi) is 3.72. The zero-order valence-corrected chi connectivity index (χ0v) is 8.59. The fourth-order valence-corrected chi connectivity index (χ4v) is 5.39. The minimum atomic E-state index is 0.167. The van der Waals surface area contributed by atoms with Crippen molar-refractivity contribution in [2.24, 2.45) is 0 Å². The van der Waals surface area contributed by atoms with E-state index in [-0.39, 0.29) is 5.66 Å². The van der Waals surface area contributed by atoms with Crippen molar-refractivity contribution < 1.29 is 0 Å². The van der Waals surface area contributed by atoms with Crippen molar-refractivity contribution >= 4 is 31.4 Å². The fourth-order valence-electron chi connectivity index (χ4n) is 0.739. The van der Waals surface area contributed by atoms with Crippen molar-refractivity contribution in [2.75, 3.05) is 25.6 Å². The summed E-state index contributed by atoms with van der Waals surface area (Å²) in [5, 5.41) is 6.60. The standard InChI is InChI=1S/C5H12N2S3/c1-6-5(7-2)3-8-10-9-4-5/h6-7H,3-4H2,1-2H3. The van der Waals surface area contributed by atoms with Crippen LogP contribution in [0.4, 0.5) is 0 Å². The second-order valence-corrected chi connectivity index (χ2v) is 6.41. The molecule has 0 aromatic rings. The van der Waals surface area contributed by atoms with E-state index in [1.807, 2.05) is 45.5 Å². The van der Waals surface area contributed by atoms with Crippen LogP contribution in [0.3, 0.4) is 0 Å².